The molecule has 21 heavy (non-hydrogen) atoms. The molecule has 2 aromatic rings. The summed E-state index contributed by atoms with van der Waals surface area (Å²) >= 11 is 6.21. The molecular formula is C17H19ClN2O. The molecule has 110 valence electrons. The van der Waals surface area contributed by atoms with Crippen LogP contribution >= 0.6 is 11.6 Å². The van der Waals surface area contributed by atoms with Gasteiger partial charge in [0.15, 0.2) is 0 Å². The molecule has 0 heterocycles. The highest BCUT2D eigenvalue weighted by Gasteiger charge is 2.09. The molecule has 2 aromatic carbocycles. The second-order valence-corrected chi connectivity index (χ2v) is 5.61. The van der Waals surface area contributed by atoms with Gasteiger partial charge < -0.3 is 10.5 Å². The number of rotatable bonds is 5. The lowest BCUT2D eigenvalue weighted by atomic mass is 10.0. The van der Waals surface area contributed by atoms with Gasteiger partial charge in [0, 0.05) is 16.1 Å². The van der Waals surface area contributed by atoms with Crippen molar-refractivity contribution in [1.82, 2.24) is 0 Å². The minimum absolute atomic E-state index is 0.00882. The molecule has 2 rings (SSSR count). The van der Waals surface area contributed by atoms with Crippen LogP contribution in [-0.2, 0) is 6.61 Å². The molecule has 0 saturated carbocycles. The summed E-state index contributed by atoms with van der Waals surface area (Å²) in [4.78, 5) is 0. The van der Waals surface area contributed by atoms with Gasteiger partial charge in [-0.1, -0.05) is 55.8 Å². The van der Waals surface area contributed by atoms with E-state index in [0.717, 1.165) is 11.3 Å². The average Bonchev–Trinajstić information content (AvgIpc) is 2.46. The summed E-state index contributed by atoms with van der Waals surface area (Å²) in [6, 6.07) is 13.3. The summed E-state index contributed by atoms with van der Waals surface area (Å²) in [5, 5.41) is 7.96. The highest BCUT2D eigenvalue weighted by molar-refractivity contribution is 6.31. The summed E-state index contributed by atoms with van der Waals surface area (Å²) < 4.78 is 5.90. The minimum atomic E-state index is 0.00882. The quantitative estimate of drug-likeness (QED) is 0.638. The zero-order valence-electron chi connectivity index (χ0n) is 12.2. The number of nitrogens with one attached hydrogen (secondary N) is 1. The Balaban J connectivity index is 2.15. The number of halogens is 1. The molecule has 0 fully saturated rings. The van der Waals surface area contributed by atoms with E-state index in [1.807, 2.05) is 24.3 Å². The van der Waals surface area contributed by atoms with Gasteiger partial charge in [0.1, 0.15) is 18.2 Å². The zero-order chi connectivity index (χ0) is 15.4. The predicted octanol–water partition coefficient (Wildman–Crippen LogP) is 4.33. The molecule has 3 nitrogen and oxygen atoms in total. The smallest absolute Gasteiger partial charge is 0.123 e. The Labute approximate surface area is 130 Å². The van der Waals surface area contributed by atoms with Gasteiger partial charge in [0.05, 0.1) is 0 Å². The molecule has 0 amide bonds. The molecule has 0 aliphatic carbocycles. The van der Waals surface area contributed by atoms with Crippen molar-refractivity contribution in [3.05, 3.63) is 64.2 Å². The zero-order valence-corrected chi connectivity index (χ0v) is 12.9. The minimum Gasteiger partial charge on any atom is -0.489 e. The van der Waals surface area contributed by atoms with E-state index in [9.17, 15) is 0 Å². The third kappa shape index (κ3) is 3.76. The number of nitrogen functional groups attached to an aromatic ring is 1. The summed E-state index contributed by atoms with van der Waals surface area (Å²) in [7, 11) is 0. The molecule has 0 radical (unpaired) electrons. The molecule has 0 spiro atoms. The molecule has 0 atom stereocenters. The van der Waals surface area contributed by atoms with Crippen LogP contribution in [0.5, 0.6) is 5.75 Å². The number of hydrogen-bond donors (Lipinski definition) is 2. The molecule has 0 unspecified atom stereocenters. The van der Waals surface area contributed by atoms with Crippen molar-refractivity contribution in [3.8, 4) is 5.75 Å². The molecule has 3 N–H and O–H groups in total. The first-order chi connectivity index (χ1) is 9.99. The maximum atomic E-state index is 7.40. The third-order valence-corrected chi connectivity index (χ3v) is 3.64. The lowest BCUT2D eigenvalue weighted by Crippen LogP contribution is -2.11. The van der Waals surface area contributed by atoms with Gasteiger partial charge in [-0.15, -0.1) is 0 Å². The Hall–Kier alpha value is -2.00. The largest absolute Gasteiger partial charge is 0.489 e. The van der Waals surface area contributed by atoms with Crippen molar-refractivity contribution in [2.75, 3.05) is 0 Å². The second-order valence-electron chi connectivity index (χ2n) is 5.20. The summed E-state index contributed by atoms with van der Waals surface area (Å²) in [5.74, 6) is 1.28. The van der Waals surface area contributed by atoms with Crippen molar-refractivity contribution in [2.45, 2.75) is 26.4 Å². The first-order valence-corrected chi connectivity index (χ1v) is 7.21. The van der Waals surface area contributed by atoms with Gasteiger partial charge in [-0.05, 0) is 23.6 Å². The number of amidine groups is 1. The first kappa shape index (κ1) is 15.4. The van der Waals surface area contributed by atoms with Crippen LogP contribution in [0.4, 0.5) is 0 Å². The highest BCUT2D eigenvalue weighted by atomic mass is 35.5. The van der Waals surface area contributed by atoms with E-state index >= 15 is 0 Å². The van der Waals surface area contributed by atoms with Crippen LogP contribution in [0.15, 0.2) is 42.5 Å². The van der Waals surface area contributed by atoms with Crippen LogP contribution in [0, 0.1) is 5.41 Å². The Morgan fingerprint density at radius 1 is 1.24 bits per heavy atom. The standard InChI is InChI=1S/C17H19ClN2O/c1-11(2)14-5-3-4-6-16(14)21-10-13-8-7-12(17(19)20)9-15(13)18/h3-9,11H,10H2,1-2H3,(H3,19,20). The molecule has 0 aliphatic rings. The van der Waals surface area contributed by atoms with Crippen LogP contribution in [0.3, 0.4) is 0 Å². The maximum absolute atomic E-state index is 7.40. The van der Waals surface area contributed by atoms with Gasteiger partial charge in [-0.3, -0.25) is 5.41 Å². The van der Waals surface area contributed by atoms with E-state index in [0.29, 0.717) is 23.1 Å². The lowest BCUT2D eigenvalue weighted by molar-refractivity contribution is 0.302. The average molecular weight is 303 g/mol. The molecule has 0 aromatic heterocycles. The fourth-order valence-electron chi connectivity index (χ4n) is 2.08. The molecule has 0 aliphatic heterocycles. The van der Waals surface area contributed by atoms with Crippen LogP contribution in [0.25, 0.3) is 0 Å². The van der Waals surface area contributed by atoms with Crippen molar-refractivity contribution in [1.29, 1.82) is 5.41 Å². The third-order valence-electron chi connectivity index (χ3n) is 3.29. The van der Waals surface area contributed by atoms with E-state index in [1.165, 1.54) is 5.56 Å². The Morgan fingerprint density at radius 3 is 2.57 bits per heavy atom. The highest BCUT2D eigenvalue weighted by Crippen LogP contribution is 2.27. The number of hydrogen-bond acceptors (Lipinski definition) is 2. The van der Waals surface area contributed by atoms with E-state index in [-0.39, 0.29) is 5.84 Å². The van der Waals surface area contributed by atoms with Gasteiger partial charge >= 0.3 is 0 Å². The van der Waals surface area contributed by atoms with Crippen molar-refractivity contribution in [3.63, 3.8) is 0 Å². The molecule has 4 heteroatoms. The van der Waals surface area contributed by atoms with E-state index in [2.05, 4.69) is 19.9 Å². The maximum Gasteiger partial charge on any atom is 0.123 e. The van der Waals surface area contributed by atoms with Gasteiger partial charge in [-0.25, -0.2) is 0 Å². The lowest BCUT2D eigenvalue weighted by Gasteiger charge is -2.14. The molecule has 0 bridgehead atoms. The Morgan fingerprint density at radius 2 is 1.95 bits per heavy atom. The molecular weight excluding hydrogens is 284 g/mol. The Kier molecular flexibility index (Phi) is 4.86. The normalized spacial score (nSPS) is 10.7. The fraction of sp³-hybridized carbons (Fsp3) is 0.235. The SMILES string of the molecule is CC(C)c1ccccc1OCc1ccc(C(=N)N)cc1Cl. The number of nitrogens with two attached hydrogens (primary N) is 1. The summed E-state index contributed by atoms with van der Waals surface area (Å²) in [6.07, 6.45) is 0. The van der Waals surface area contributed by atoms with E-state index in [1.54, 1.807) is 12.1 Å². The first-order valence-electron chi connectivity index (χ1n) is 6.83. The van der Waals surface area contributed by atoms with Crippen LogP contribution in [0.2, 0.25) is 5.02 Å². The van der Waals surface area contributed by atoms with Crippen LogP contribution in [0.1, 0.15) is 36.5 Å². The topological polar surface area (TPSA) is 59.1 Å². The van der Waals surface area contributed by atoms with E-state index in [4.69, 9.17) is 27.5 Å². The van der Waals surface area contributed by atoms with Gasteiger partial charge in [-0.2, -0.15) is 0 Å². The second kappa shape index (κ2) is 6.64. The van der Waals surface area contributed by atoms with Crippen LogP contribution in [-0.4, -0.2) is 5.84 Å². The number of para-hydroxylation sites is 1. The Bertz CT molecular complexity index is 653. The fourth-order valence-corrected chi connectivity index (χ4v) is 2.31. The van der Waals surface area contributed by atoms with Gasteiger partial charge in [0.25, 0.3) is 0 Å². The number of benzene rings is 2. The molecule has 0 saturated heterocycles. The van der Waals surface area contributed by atoms with Crippen molar-refractivity contribution >= 4 is 17.4 Å². The number of ether oxygens (including phenoxy) is 1. The van der Waals surface area contributed by atoms with Crippen molar-refractivity contribution < 1.29 is 4.74 Å². The summed E-state index contributed by atoms with van der Waals surface area (Å²) in [6.45, 7) is 4.66. The monoisotopic (exact) mass is 302 g/mol. The van der Waals surface area contributed by atoms with E-state index < -0.39 is 0 Å². The van der Waals surface area contributed by atoms with Crippen LogP contribution < -0.4 is 10.5 Å². The summed E-state index contributed by atoms with van der Waals surface area (Å²) in [5.41, 5.74) is 8.11. The van der Waals surface area contributed by atoms with Crippen molar-refractivity contribution in [2.24, 2.45) is 5.73 Å². The predicted molar refractivity (Wildman–Crippen MR) is 87.3 cm³/mol. The van der Waals surface area contributed by atoms with Gasteiger partial charge in [0.2, 0.25) is 0 Å².